The molecular weight excluding hydrogens is 352 g/mol. The van der Waals surface area contributed by atoms with Crippen molar-refractivity contribution < 1.29 is 18.6 Å². The van der Waals surface area contributed by atoms with Gasteiger partial charge >= 0.3 is 0 Å². The Balaban J connectivity index is 1.38. The molecule has 4 rings (SSSR count). The minimum Gasteiger partial charge on any atom is -0.459 e. The number of nitro groups is 1. The number of aromatic nitrogens is 2. The van der Waals surface area contributed by atoms with Gasteiger partial charge in [0.2, 0.25) is 5.89 Å². The van der Waals surface area contributed by atoms with Crippen molar-refractivity contribution >= 4 is 11.6 Å². The number of rotatable bonds is 4. The fourth-order valence-corrected chi connectivity index (χ4v) is 3.14. The average molecular weight is 368 g/mol. The zero-order valence-corrected chi connectivity index (χ0v) is 14.3. The summed E-state index contributed by atoms with van der Waals surface area (Å²) < 4.78 is 10.9. The number of hydrogen-bond donors (Lipinski definition) is 0. The molecule has 0 saturated carbocycles. The molecule has 0 bridgehead atoms. The smallest absolute Gasteiger partial charge is 0.283 e. The van der Waals surface area contributed by atoms with Gasteiger partial charge in [-0.25, -0.2) is 0 Å². The molecule has 1 amide bonds. The van der Waals surface area contributed by atoms with E-state index in [2.05, 4.69) is 10.2 Å². The van der Waals surface area contributed by atoms with Crippen LogP contribution in [0.1, 0.15) is 35.0 Å². The zero-order chi connectivity index (χ0) is 18.8. The van der Waals surface area contributed by atoms with Crippen molar-refractivity contribution in [3.63, 3.8) is 0 Å². The van der Waals surface area contributed by atoms with Crippen LogP contribution in [0.3, 0.4) is 0 Å². The first-order valence-electron chi connectivity index (χ1n) is 8.53. The molecule has 0 N–H and O–H groups in total. The van der Waals surface area contributed by atoms with Gasteiger partial charge in [-0.1, -0.05) is 0 Å². The molecule has 1 aliphatic rings. The van der Waals surface area contributed by atoms with Crippen molar-refractivity contribution in [3.8, 4) is 11.7 Å². The largest absolute Gasteiger partial charge is 0.459 e. The molecule has 1 aromatic carbocycles. The van der Waals surface area contributed by atoms with Crippen molar-refractivity contribution in [2.45, 2.75) is 18.8 Å². The molecule has 138 valence electrons. The third-order valence-electron chi connectivity index (χ3n) is 4.63. The van der Waals surface area contributed by atoms with E-state index >= 15 is 0 Å². The van der Waals surface area contributed by atoms with Gasteiger partial charge in [-0.3, -0.25) is 14.9 Å². The molecule has 2 aromatic heterocycles. The van der Waals surface area contributed by atoms with Gasteiger partial charge in [0, 0.05) is 36.7 Å². The second-order valence-corrected chi connectivity index (χ2v) is 6.29. The minimum atomic E-state index is -0.485. The number of piperidine rings is 1. The van der Waals surface area contributed by atoms with Crippen molar-refractivity contribution in [1.29, 1.82) is 0 Å². The molecular formula is C18H16N4O5. The fourth-order valence-electron chi connectivity index (χ4n) is 3.14. The molecule has 3 aromatic rings. The van der Waals surface area contributed by atoms with Gasteiger partial charge < -0.3 is 13.7 Å². The van der Waals surface area contributed by atoms with Crippen molar-refractivity contribution in [1.82, 2.24) is 15.1 Å². The first-order chi connectivity index (χ1) is 13.1. The number of benzene rings is 1. The van der Waals surface area contributed by atoms with Crippen LogP contribution >= 0.6 is 0 Å². The number of hydrogen-bond acceptors (Lipinski definition) is 7. The van der Waals surface area contributed by atoms with Crippen LogP contribution in [0.4, 0.5) is 5.69 Å². The van der Waals surface area contributed by atoms with E-state index in [0.717, 1.165) is 0 Å². The number of amides is 1. The van der Waals surface area contributed by atoms with Gasteiger partial charge in [-0.15, -0.1) is 10.2 Å². The molecule has 9 nitrogen and oxygen atoms in total. The zero-order valence-electron chi connectivity index (χ0n) is 14.3. The van der Waals surface area contributed by atoms with Gasteiger partial charge in [-0.2, -0.15) is 0 Å². The molecule has 0 atom stereocenters. The van der Waals surface area contributed by atoms with E-state index in [1.165, 1.54) is 24.3 Å². The van der Waals surface area contributed by atoms with Crippen molar-refractivity contribution in [2.75, 3.05) is 13.1 Å². The molecule has 9 heteroatoms. The van der Waals surface area contributed by atoms with Crippen LogP contribution in [0.15, 0.2) is 51.5 Å². The van der Waals surface area contributed by atoms with Crippen LogP contribution in [-0.4, -0.2) is 39.0 Å². The van der Waals surface area contributed by atoms with Gasteiger partial charge in [0.1, 0.15) is 0 Å². The predicted molar refractivity (Wildman–Crippen MR) is 93.0 cm³/mol. The van der Waals surface area contributed by atoms with Gasteiger partial charge in [0.15, 0.2) is 5.76 Å². The number of likely N-dealkylation sites (tertiary alicyclic amines) is 1. The Morgan fingerprint density at radius 3 is 2.52 bits per heavy atom. The Labute approximate surface area is 153 Å². The van der Waals surface area contributed by atoms with E-state index in [-0.39, 0.29) is 17.5 Å². The number of nitro benzene ring substituents is 1. The SMILES string of the molecule is O=C(c1ccc([N+](=O)[O-])cc1)N1CCC(c2nnc(-c3ccco3)o2)CC1. The first kappa shape index (κ1) is 17.0. The number of nitrogens with zero attached hydrogens (tertiary/aromatic N) is 4. The predicted octanol–water partition coefficient (Wildman–Crippen LogP) is 3.26. The summed E-state index contributed by atoms with van der Waals surface area (Å²) in [5.41, 5.74) is 0.408. The molecule has 0 spiro atoms. The summed E-state index contributed by atoms with van der Waals surface area (Å²) in [5, 5.41) is 18.8. The molecule has 0 aliphatic carbocycles. The van der Waals surface area contributed by atoms with Gasteiger partial charge in [-0.05, 0) is 37.1 Å². The van der Waals surface area contributed by atoms with Crippen LogP contribution in [0.5, 0.6) is 0 Å². The molecule has 0 radical (unpaired) electrons. The van der Waals surface area contributed by atoms with Crippen molar-refractivity contribution in [2.24, 2.45) is 0 Å². The highest BCUT2D eigenvalue weighted by Crippen LogP contribution is 2.30. The Bertz CT molecular complexity index is 941. The third kappa shape index (κ3) is 3.43. The highest BCUT2D eigenvalue weighted by molar-refractivity contribution is 5.94. The first-order valence-corrected chi connectivity index (χ1v) is 8.53. The van der Waals surface area contributed by atoms with E-state index < -0.39 is 4.92 Å². The van der Waals surface area contributed by atoms with E-state index in [0.29, 0.717) is 49.0 Å². The average Bonchev–Trinajstić information content (AvgIpc) is 3.39. The summed E-state index contributed by atoms with van der Waals surface area (Å²) in [6.45, 7) is 1.11. The van der Waals surface area contributed by atoms with Crippen LogP contribution < -0.4 is 0 Å². The Hall–Kier alpha value is -3.49. The quantitative estimate of drug-likeness (QED) is 0.512. The van der Waals surface area contributed by atoms with Crippen LogP contribution in [0.25, 0.3) is 11.7 Å². The number of furan rings is 1. The summed E-state index contributed by atoms with van der Waals surface area (Å²) in [6.07, 6.45) is 2.96. The molecule has 0 unspecified atom stereocenters. The maximum absolute atomic E-state index is 12.6. The standard InChI is InChI=1S/C18H16N4O5/c23-18(13-3-5-14(6-4-13)22(24)25)21-9-7-12(8-10-21)16-19-20-17(27-16)15-2-1-11-26-15/h1-6,11-12H,7-10H2. The Morgan fingerprint density at radius 2 is 1.89 bits per heavy atom. The van der Waals surface area contributed by atoms with Gasteiger partial charge in [0.25, 0.3) is 17.5 Å². The lowest BCUT2D eigenvalue weighted by atomic mass is 9.96. The Morgan fingerprint density at radius 1 is 1.15 bits per heavy atom. The maximum atomic E-state index is 12.6. The number of carbonyl (C=O) groups is 1. The number of non-ortho nitro benzene ring substituents is 1. The normalized spacial score (nSPS) is 15.0. The monoisotopic (exact) mass is 368 g/mol. The molecule has 27 heavy (non-hydrogen) atoms. The van der Waals surface area contributed by atoms with E-state index in [1.807, 2.05) is 0 Å². The molecule has 1 saturated heterocycles. The summed E-state index contributed by atoms with van der Waals surface area (Å²) in [4.78, 5) is 24.5. The maximum Gasteiger partial charge on any atom is 0.283 e. The summed E-state index contributed by atoms with van der Waals surface area (Å²) >= 11 is 0. The highest BCUT2D eigenvalue weighted by atomic mass is 16.6. The molecule has 3 heterocycles. The molecule has 1 aliphatic heterocycles. The Kier molecular flexibility index (Phi) is 4.41. The van der Waals surface area contributed by atoms with Gasteiger partial charge in [0.05, 0.1) is 11.2 Å². The van der Waals surface area contributed by atoms with E-state index in [1.54, 1.807) is 23.3 Å². The van der Waals surface area contributed by atoms with Crippen molar-refractivity contribution in [3.05, 3.63) is 64.2 Å². The summed E-state index contributed by atoms with van der Waals surface area (Å²) in [5.74, 6) is 1.37. The minimum absolute atomic E-state index is 0.0333. The lowest BCUT2D eigenvalue weighted by Crippen LogP contribution is -2.38. The third-order valence-corrected chi connectivity index (χ3v) is 4.63. The lowest BCUT2D eigenvalue weighted by molar-refractivity contribution is -0.384. The fraction of sp³-hybridized carbons (Fsp3) is 0.278. The number of carbonyl (C=O) groups excluding carboxylic acids is 1. The van der Waals surface area contributed by atoms with E-state index in [9.17, 15) is 14.9 Å². The highest BCUT2D eigenvalue weighted by Gasteiger charge is 2.28. The van der Waals surface area contributed by atoms with Crippen LogP contribution in [-0.2, 0) is 0 Å². The summed E-state index contributed by atoms with van der Waals surface area (Å²) in [7, 11) is 0. The molecule has 1 fully saturated rings. The summed E-state index contributed by atoms with van der Waals surface area (Å²) in [6, 6.07) is 9.16. The second kappa shape index (κ2) is 7.02. The lowest BCUT2D eigenvalue weighted by Gasteiger charge is -2.30. The van der Waals surface area contributed by atoms with E-state index in [4.69, 9.17) is 8.83 Å². The van der Waals surface area contributed by atoms with Crippen LogP contribution in [0.2, 0.25) is 0 Å². The second-order valence-electron chi connectivity index (χ2n) is 6.29. The topological polar surface area (TPSA) is 116 Å². The van der Waals surface area contributed by atoms with Crippen LogP contribution in [0, 0.1) is 10.1 Å².